The predicted molar refractivity (Wildman–Crippen MR) is 73.8 cm³/mol. The zero-order chi connectivity index (χ0) is 13.1. The largest absolute Gasteiger partial charge is 0.378 e. The highest BCUT2D eigenvalue weighted by Gasteiger charge is 2.30. The Hall–Kier alpha value is -0.930. The molecule has 0 amide bonds. The topological polar surface area (TPSA) is 21.3 Å². The zero-order valence-corrected chi connectivity index (χ0v) is 11.3. The van der Waals surface area contributed by atoms with Crippen molar-refractivity contribution in [3.63, 3.8) is 0 Å². The molecular formula is C16H22FNO. The van der Waals surface area contributed by atoms with Gasteiger partial charge in [0.25, 0.3) is 0 Å². The maximum Gasteiger partial charge on any atom is 0.123 e. The summed E-state index contributed by atoms with van der Waals surface area (Å²) < 4.78 is 18.7. The number of rotatable bonds is 5. The van der Waals surface area contributed by atoms with Gasteiger partial charge in [-0.05, 0) is 62.3 Å². The molecule has 0 bridgehead atoms. The minimum Gasteiger partial charge on any atom is -0.378 e. The van der Waals surface area contributed by atoms with E-state index in [4.69, 9.17) is 4.74 Å². The summed E-state index contributed by atoms with van der Waals surface area (Å²) in [6, 6.07) is 7.64. The molecule has 1 aliphatic carbocycles. The Balaban J connectivity index is 1.36. The van der Waals surface area contributed by atoms with Crippen LogP contribution in [0.3, 0.4) is 0 Å². The number of nitrogens with one attached hydrogen (secondary N) is 1. The summed E-state index contributed by atoms with van der Waals surface area (Å²) in [6.07, 6.45) is 6.31. The van der Waals surface area contributed by atoms with Gasteiger partial charge in [0.05, 0.1) is 6.10 Å². The van der Waals surface area contributed by atoms with Crippen LogP contribution >= 0.6 is 0 Å². The first kappa shape index (κ1) is 13.1. The second-order valence-corrected chi connectivity index (χ2v) is 5.80. The fourth-order valence-electron chi connectivity index (χ4n) is 3.14. The Labute approximate surface area is 114 Å². The average Bonchev–Trinajstić information content (AvgIpc) is 2.85. The van der Waals surface area contributed by atoms with Crippen LogP contribution in [0.15, 0.2) is 24.3 Å². The molecule has 3 heteroatoms. The number of halogens is 1. The molecule has 1 saturated heterocycles. The minimum atomic E-state index is -0.118. The fraction of sp³-hybridized carbons (Fsp3) is 0.625. The predicted octanol–water partition coefficient (Wildman–Crippen LogP) is 3.23. The lowest BCUT2D eigenvalue weighted by atomic mass is 9.76. The maximum atomic E-state index is 13.1. The monoisotopic (exact) mass is 263 g/mol. The summed E-state index contributed by atoms with van der Waals surface area (Å²) in [5.41, 5.74) is 1.15. The van der Waals surface area contributed by atoms with Gasteiger partial charge in [0, 0.05) is 12.6 Å². The van der Waals surface area contributed by atoms with Gasteiger partial charge in [-0.2, -0.15) is 0 Å². The van der Waals surface area contributed by atoms with Crippen LogP contribution < -0.4 is 5.32 Å². The van der Waals surface area contributed by atoms with Gasteiger partial charge in [0.1, 0.15) is 5.82 Å². The second kappa shape index (κ2) is 6.02. The van der Waals surface area contributed by atoms with Crippen LogP contribution in [0, 0.1) is 5.82 Å². The lowest BCUT2D eigenvalue weighted by Gasteiger charge is -2.36. The summed E-state index contributed by atoms with van der Waals surface area (Å²) in [6.45, 7) is 1.99. The number of hydrogen-bond donors (Lipinski definition) is 1. The Kier molecular flexibility index (Phi) is 4.14. The molecule has 0 spiro atoms. The molecule has 1 atom stereocenters. The molecule has 1 aromatic rings. The molecule has 1 aliphatic heterocycles. The van der Waals surface area contributed by atoms with Gasteiger partial charge >= 0.3 is 0 Å². The van der Waals surface area contributed by atoms with E-state index in [1.54, 1.807) is 6.07 Å². The Bertz CT molecular complexity index is 411. The van der Waals surface area contributed by atoms with Crippen molar-refractivity contribution in [2.75, 3.05) is 13.2 Å². The highest BCUT2D eigenvalue weighted by molar-refractivity contribution is 5.23. The molecule has 1 heterocycles. The van der Waals surface area contributed by atoms with Crippen LogP contribution in [0.2, 0.25) is 0 Å². The van der Waals surface area contributed by atoms with E-state index < -0.39 is 0 Å². The summed E-state index contributed by atoms with van der Waals surface area (Å²) in [5, 5.41) is 3.59. The van der Waals surface area contributed by atoms with E-state index >= 15 is 0 Å². The van der Waals surface area contributed by atoms with Gasteiger partial charge in [-0.3, -0.25) is 0 Å². The van der Waals surface area contributed by atoms with Crippen LogP contribution in [0.25, 0.3) is 0 Å². The van der Waals surface area contributed by atoms with Crippen molar-refractivity contribution in [3.8, 4) is 0 Å². The van der Waals surface area contributed by atoms with E-state index in [2.05, 4.69) is 5.32 Å². The van der Waals surface area contributed by atoms with Gasteiger partial charge in [0.2, 0.25) is 0 Å². The average molecular weight is 263 g/mol. The highest BCUT2D eigenvalue weighted by atomic mass is 19.1. The van der Waals surface area contributed by atoms with Crippen molar-refractivity contribution in [1.82, 2.24) is 5.32 Å². The molecule has 2 nitrogen and oxygen atoms in total. The normalized spacial score (nSPS) is 30.3. The van der Waals surface area contributed by atoms with Crippen LogP contribution in [0.1, 0.15) is 43.6 Å². The Morgan fingerprint density at radius 3 is 2.95 bits per heavy atom. The fourth-order valence-corrected chi connectivity index (χ4v) is 3.14. The summed E-state index contributed by atoms with van der Waals surface area (Å²) >= 11 is 0. The third-order valence-corrected chi connectivity index (χ3v) is 4.38. The van der Waals surface area contributed by atoms with Crippen molar-refractivity contribution >= 4 is 0 Å². The molecule has 19 heavy (non-hydrogen) atoms. The van der Waals surface area contributed by atoms with E-state index in [1.807, 2.05) is 12.1 Å². The van der Waals surface area contributed by atoms with E-state index in [9.17, 15) is 4.39 Å². The number of benzene rings is 1. The standard InChI is InChI=1S/C16H22FNO/c17-14-4-1-3-12(9-14)13-10-15(11-13)18-7-6-16-5-2-8-19-16/h1,3-4,9,13,15-16,18H,2,5-8,10-11H2. The van der Waals surface area contributed by atoms with Gasteiger partial charge in [0.15, 0.2) is 0 Å². The highest BCUT2D eigenvalue weighted by Crippen LogP contribution is 2.37. The third kappa shape index (κ3) is 3.34. The lowest BCUT2D eigenvalue weighted by molar-refractivity contribution is 0.102. The second-order valence-electron chi connectivity index (χ2n) is 5.80. The quantitative estimate of drug-likeness (QED) is 0.880. The van der Waals surface area contributed by atoms with Crippen molar-refractivity contribution in [2.45, 2.75) is 50.2 Å². The van der Waals surface area contributed by atoms with Gasteiger partial charge in [-0.1, -0.05) is 12.1 Å². The van der Waals surface area contributed by atoms with E-state index in [0.29, 0.717) is 18.1 Å². The summed E-state index contributed by atoms with van der Waals surface area (Å²) in [7, 11) is 0. The van der Waals surface area contributed by atoms with E-state index in [-0.39, 0.29) is 5.82 Å². The minimum absolute atomic E-state index is 0.118. The molecule has 104 valence electrons. The molecule has 0 radical (unpaired) electrons. The van der Waals surface area contributed by atoms with Crippen molar-refractivity contribution in [1.29, 1.82) is 0 Å². The zero-order valence-electron chi connectivity index (χ0n) is 11.3. The number of ether oxygens (including phenoxy) is 1. The number of hydrogen-bond acceptors (Lipinski definition) is 2. The molecule has 1 aromatic carbocycles. The molecule has 2 fully saturated rings. The molecule has 3 rings (SSSR count). The summed E-state index contributed by atoms with van der Waals surface area (Å²) in [5.74, 6) is 0.420. The van der Waals surface area contributed by atoms with Crippen LogP contribution in [0.4, 0.5) is 4.39 Å². The molecule has 1 N–H and O–H groups in total. The third-order valence-electron chi connectivity index (χ3n) is 4.38. The van der Waals surface area contributed by atoms with Gasteiger partial charge < -0.3 is 10.1 Å². The van der Waals surface area contributed by atoms with Crippen molar-refractivity contribution in [2.24, 2.45) is 0 Å². The van der Waals surface area contributed by atoms with Gasteiger partial charge in [-0.25, -0.2) is 4.39 Å². The van der Waals surface area contributed by atoms with Crippen molar-refractivity contribution < 1.29 is 9.13 Å². The SMILES string of the molecule is Fc1cccc(C2CC(NCCC3CCCO3)C2)c1. The smallest absolute Gasteiger partial charge is 0.123 e. The molecule has 1 saturated carbocycles. The van der Waals surface area contributed by atoms with E-state index in [0.717, 1.165) is 38.0 Å². The van der Waals surface area contributed by atoms with Crippen molar-refractivity contribution in [3.05, 3.63) is 35.6 Å². The Morgan fingerprint density at radius 1 is 1.32 bits per heavy atom. The van der Waals surface area contributed by atoms with E-state index in [1.165, 1.54) is 18.9 Å². The molecular weight excluding hydrogens is 241 g/mol. The molecule has 2 aliphatic rings. The lowest BCUT2D eigenvalue weighted by Crippen LogP contribution is -2.41. The maximum absolute atomic E-state index is 13.1. The van der Waals surface area contributed by atoms with Crippen LogP contribution in [-0.2, 0) is 4.74 Å². The Morgan fingerprint density at radius 2 is 2.21 bits per heavy atom. The van der Waals surface area contributed by atoms with Gasteiger partial charge in [-0.15, -0.1) is 0 Å². The first-order valence-corrected chi connectivity index (χ1v) is 7.42. The first-order chi connectivity index (χ1) is 9.31. The molecule has 1 unspecified atom stereocenters. The van der Waals surface area contributed by atoms with Crippen LogP contribution in [-0.4, -0.2) is 25.3 Å². The first-order valence-electron chi connectivity index (χ1n) is 7.42. The summed E-state index contributed by atoms with van der Waals surface area (Å²) in [4.78, 5) is 0. The molecule has 0 aromatic heterocycles. The van der Waals surface area contributed by atoms with Crippen LogP contribution in [0.5, 0.6) is 0 Å².